The van der Waals surface area contributed by atoms with Crippen LogP contribution >= 0.6 is 0 Å². The van der Waals surface area contributed by atoms with E-state index in [0.717, 1.165) is 0 Å². The third-order valence-electron chi connectivity index (χ3n) is 2.28. The standard InChI is InChI=1S/C13H11FN2O2/c1-9(16-17)12-3-2-4-13(15-12)18-11-7-5-10(14)6-8-11/h2-8,17H,1H3. The van der Waals surface area contributed by atoms with Gasteiger partial charge in [-0.25, -0.2) is 9.37 Å². The summed E-state index contributed by atoms with van der Waals surface area (Å²) in [5, 5.41) is 11.7. The Labute approximate surface area is 103 Å². The maximum Gasteiger partial charge on any atom is 0.219 e. The topological polar surface area (TPSA) is 54.7 Å². The maximum atomic E-state index is 12.7. The minimum Gasteiger partial charge on any atom is -0.439 e. The molecule has 0 aliphatic rings. The van der Waals surface area contributed by atoms with E-state index in [4.69, 9.17) is 9.94 Å². The van der Waals surface area contributed by atoms with Gasteiger partial charge in [0.05, 0.1) is 5.69 Å². The van der Waals surface area contributed by atoms with Crippen LogP contribution in [0.1, 0.15) is 12.6 Å². The molecule has 0 radical (unpaired) electrons. The molecule has 92 valence electrons. The highest BCUT2D eigenvalue weighted by atomic mass is 19.1. The quantitative estimate of drug-likeness (QED) is 0.514. The van der Waals surface area contributed by atoms with Crippen molar-refractivity contribution in [3.05, 3.63) is 54.0 Å². The van der Waals surface area contributed by atoms with Gasteiger partial charge in [0.1, 0.15) is 17.3 Å². The van der Waals surface area contributed by atoms with E-state index >= 15 is 0 Å². The fourth-order valence-corrected chi connectivity index (χ4v) is 1.35. The third-order valence-corrected chi connectivity index (χ3v) is 2.28. The van der Waals surface area contributed by atoms with Crippen LogP contribution in [0.2, 0.25) is 0 Å². The molecule has 0 atom stereocenters. The summed E-state index contributed by atoms with van der Waals surface area (Å²) in [6.07, 6.45) is 0. The third kappa shape index (κ3) is 2.82. The minimum atomic E-state index is -0.327. The zero-order chi connectivity index (χ0) is 13.0. The number of benzene rings is 1. The number of pyridine rings is 1. The van der Waals surface area contributed by atoms with Crippen LogP contribution < -0.4 is 4.74 Å². The number of ether oxygens (including phenoxy) is 1. The Balaban J connectivity index is 2.22. The van der Waals surface area contributed by atoms with Gasteiger partial charge in [0, 0.05) is 6.07 Å². The van der Waals surface area contributed by atoms with Gasteiger partial charge < -0.3 is 9.94 Å². The second kappa shape index (κ2) is 5.27. The van der Waals surface area contributed by atoms with E-state index in [-0.39, 0.29) is 5.82 Å². The first-order chi connectivity index (χ1) is 8.69. The molecule has 1 aromatic heterocycles. The average molecular weight is 246 g/mol. The van der Waals surface area contributed by atoms with Gasteiger partial charge in [-0.3, -0.25) is 0 Å². The molecular formula is C13H11FN2O2. The van der Waals surface area contributed by atoms with Gasteiger partial charge in [0.15, 0.2) is 0 Å². The first kappa shape index (κ1) is 12.0. The summed E-state index contributed by atoms with van der Waals surface area (Å²) >= 11 is 0. The summed E-state index contributed by atoms with van der Waals surface area (Å²) in [6, 6.07) is 10.7. The van der Waals surface area contributed by atoms with Crippen molar-refractivity contribution in [3.63, 3.8) is 0 Å². The number of rotatable bonds is 3. The Hall–Kier alpha value is -2.43. The lowest BCUT2D eigenvalue weighted by Gasteiger charge is -2.05. The predicted octanol–water partition coefficient (Wildman–Crippen LogP) is 3.21. The van der Waals surface area contributed by atoms with Crippen molar-refractivity contribution in [2.45, 2.75) is 6.92 Å². The van der Waals surface area contributed by atoms with Crippen LogP contribution in [0.5, 0.6) is 11.6 Å². The minimum absolute atomic E-state index is 0.327. The lowest BCUT2D eigenvalue weighted by Crippen LogP contribution is -1.99. The van der Waals surface area contributed by atoms with Gasteiger partial charge in [-0.05, 0) is 37.3 Å². The number of oxime groups is 1. The van der Waals surface area contributed by atoms with Gasteiger partial charge in [-0.15, -0.1) is 0 Å². The van der Waals surface area contributed by atoms with Gasteiger partial charge in [0.2, 0.25) is 5.88 Å². The van der Waals surface area contributed by atoms with Crippen LogP contribution in [0, 0.1) is 5.82 Å². The lowest BCUT2D eigenvalue weighted by molar-refractivity contribution is 0.319. The zero-order valence-electron chi connectivity index (χ0n) is 9.67. The SMILES string of the molecule is CC(=NO)c1cccc(Oc2ccc(F)cc2)n1. The van der Waals surface area contributed by atoms with Crippen LogP contribution in [0.15, 0.2) is 47.6 Å². The van der Waals surface area contributed by atoms with Gasteiger partial charge in [0.25, 0.3) is 0 Å². The first-order valence-corrected chi connectivity index (χ1v) is 5.28. The molecule has 2 aromatic rings. The number of halogens is 1. The molecule has 0 saturated carbocycles. The van der Waals surface area contributed by atoms with E-state index in [9.17, 15) is 4.39 Å². The van der Waals surface area contributed by atoms with E-state index in [0.29, 0.717) is 23.0 Å². The van der Waals surface area contributed by atoms with E-state index in [1.807, 2.05) is 0 Å². The molecule has 0 amide bonds. The molecule has 1 N–H and O–H groups in total. The van der Waals surface area contributed by atoms with Crippen molar-refractivity contribution in [3.8, 4) is 11.6 Å². The van der Waals surface area contributed by atoms with Crippen molar-refractivity contribution in [2.24, 2.45) is 5.16 Å². The normalized spacial score (nSPS) is 11.3. The molecule has 1 aromatic carbocycles. The Bertz CT molecular complexity index is 567. The van der Waals surface area contributed by atoms with E-state index in [1.54, 1.807) is 25.1 Å². The first-order valence-electron chi connectivity index (χ1n) is 5.28. The molecular weight excluding hydrogens is 235 g/mol. The number of hydrogen-bond acceptors (Lipinski definition) is 4. The van der Waals surface area contributed by atoms with Crippen LogP contribution in [-0.4, -0.2) is 15.9 Å². The second-order valence-corrected chi connectivity index (χ2v) is 3.60. The summed E-state index contributed by atoms with van der Waals surface area (Å²) in [5.41, 5.74) is 0.900. The molecule has 4 nitrogen and oxygen atoms in total. The molecule has 0 spiro atoms. The molecule has 0 bridgehead atoms. The highest BCUT2D eigenvalue weighted by Crippen LogP contribution is 2.19. The van der Waals surface area contributed by atoms with Crippen molar-refractivity contribution in [2.75, 3.05) is 0 Å². The van der Waals surface area contributed by atoms with Gasteiger partial charge >= 0.3 is 0 Å². The Kier molecular flexibility index (Phi) is 3.52. The smallest absolute Gasteiger partial charge is 0.219 e. The molecule has 0 aliphatic carbocycles. The van der Waals surface area contributed by atoms with E-state index < -0.39 is 0 Å². The molecule has 0 aliphatic heterocycles. The fraction of sp³-hybridized carbons (Fsp3) is 0.0769. The zero-order valence-corrected chi connectivity index (χ0v) is 9.67. The summed E-state index contributed by atoms with van der Waals surface area (Å²) < 4.78 is 18.2. The van der Waals surface area contributed by atoms with E-state index in [1.165, 1.54) is 24.3 Å². The molecule has 5 heteroatoms. The summed E-state index contributed by atoms with van der Waals surface area (Å²) in [4.78, 5) is 4.15. The maximum absolute atomic E-state index is 12.7. The molecule has 1 heterocycles. The van der Waals surface area contributed by atoms with Crippen molar-refractivity contribution < 1.29 is 14.3 Å². The monoisotopic (exact) mass is 246 g/mol. The van der Waals surface area contributed by atoms with Crippen LogP contribution in [-0.2, 0) is 0 Å². The number of aromatic nitrogens is 1. The largest absolute Gasteiger partial charge is 0.439 e. The highest BCUT2D eigenvalue weighted by Gasteiger charge is 2.03. The van der Waals surface area contributed by atoms with E-state index in [2.05, 4.69) is 10.1 Å². The van der Waals surface area contributed by atoms with Gasteiger partial charge in [-0.1, -0.05) is 11.2 Å². The van der Waals surface area contributed by atoms with Crippen molar-refractivity contribution in [1.29, 1.82) is 0 Å². The lowest BCUT2D eigenvalue weighted by atomic mass is 10.2. The average Bonchev–Trinajstić information content (AvgIpc) is 2.41. The number of nitrogens with zero attached hydrogens (tertiary/aromatic N) is 2. The van der Waals surface area contributed by atoms with Crippen LogP contribution in [0.25, 0.3) is 0 Å². The molecule has 2 rings (SSSR count). The summed E-state index contributed by atoms with van der Waals surface area (Å²) in [5.74, 6) is 0.508. The number of hydrogen-bond donors (Lipinski definition) is 1. The predicted molar refractivity (Wildman–Crippen MR) is 64.7 cm³/mol. The van der Waals surface area contributed by atoms with Crippen LogP contribution in [0.3, 0.4) is 0 Å². The molecule has 0 fully saturated rings. The Morgan fingerprint density at radius 2 is 1.94 bits per heavy atom. The Morgan fingerprint density at radius 1 is 1.22 bits per heavy atom. The van der Waals surface area contributed by atoms with Gasteiger partial charge in [-0.2, -0.15) is 0 Å². The second-order valence-electron chi connectivity index (χ2n) is 3.60. The molecule has 0 unspecified atom stereocenters. The van der Waals surface area contributed by atoms with Crippen LogP contribution in [0.4, 0.5) is 4.39 Å². The summed E-state index contributed by atoms with van der Waals surface area (Å²) in [6.45, 7) is 1.63. The van der Waals surface area contributed by atoms with Crippen molar-refractivity contribution >= 4 is 5.71 Å². The molecule has 18 heavy (non-hydrogen) atoms. The Morgan fingerprint density at radius 3 is 2.61 bits per heavy atom. The molecule has 0 saturated heterocycles. The van der Waals surface area contributed by atoms with Crippen molar-refractivity contribution in [1.82, 2.24) is 4.98 Å². The fourth-order valence-electron chi connectivity index (χ4n) is 1.35. The summed E-state index contributed by atoms with van der Waals surface area (Å²) in [7, 11) is 0. The highest BCUT2D eigenvalue weighted by molar-refractivity contribution is 5.96.